The second kappa shape index (κ2) is 9.41. The zero-order valence-electron chi connectivity index (χ0n) is 17.4. The number of ether oxygens (including phenoxy) is 1. The highest BCUT2D eigenvalue weighted by molar-refractivity contribution is 7.92. The third-order valence-electron chi connectivity index (χ3n) is 4.65. The monoisotopic (exact) mass is 458 g/mol. The lowest BCUT2D eigenvalue weighted by Crippen LogP contribution is -2.38. The van der Waals surface area contributed by atoms with Crippen LogP contribution < -0.4 is 14.4 Å². The smallest absolute Gasteiger partial charge is 0.264 e. The van der Waals surface area contributed by atoms with Gasteiger partial charge in [0.05, 0.1) is 22.7 Å². The van der Waals surface area contributed by atoms with E-state index in [1.807, 2.05) is 26.0 Å². The van der Waals surface area contributed by atoms with E-state index in [4.69, 9.17) is 16.3 Å². The van der Waals surface area contributed by atoms with Gasteiger partial charge in [-0.3, -0.25) is 9.10 Å². The maximum absolute atomic E-state index is 13.4. The molecule has 0 aliphatic heterocycles. The van der Waals surface area contributed by atoms with E-state index >= 15 is 0 Å². The zero-order chi connectivity index (χ0) is 22.6. The average molecular weight is 459 g/mol. The van der Waals surface area contributed by atoms with Gasteiger partial charge in [0.2, 0.25) is 5.91 Å². The first-order valence-electron chi connectivity index (χ1n) is 9.50. The van der Waals surface area contributed by atoms with Crippen molar-refractivity contribution >= 4 is 38.9 Å². The second-order valence-electron chi connectivity index (χ2n) is 7.06. The minimum atomic E-state index is -4.03. The lowest BCUT2D eigenvalue weighted by Gasteiger charge is -2.24. The Hall–Kier alpha value is -3.03. The Bertz CT molecular complexity index is 1180. The highest BCUT2D eigenvalue weighted by Gasteiger charge is 2.28. The molecule has 3 aromatic carbocycles. The SMILES string of the molecule is COc1ccc(N(CC(=O)Nc2ccc(C)cc2)S(=O)(=O)c2ccc(C)cc2)cc1Cl. The summed E-state index contributed by atoms with van der Waals surface area (Å²) in [4.78, 5) is 12.8. The first-order valence-corrected chi connectivity index (χ1v) is 11.3. The number of amides is 1. The maximum atomic E-state index is 13.4. The minimum absolute atomic E-state index is 0.0770. The quantitative estimate of drug-likeness (QED) is 0.551. The van der Waals surface area contributed by atoms with E-state index in [1.54, 1.807) is 36.4 Å². The largest absolute Gasteiger partial charge is 0.495 e. The average Bonchev–Trinajstić information content (AvgIpc) is 2.74. The molecular formula is C23H23ClN2O4S. The van der Waals surface area contributed by atoms with E-state index < -0.39 is 22.5 Å². The summed E-state index contributed by atoms with van der Waals surface area (Å²) >= 11 is 6.22. The van der Waals surface area contributed by atoms with Crippen LogP contribution in [0.3, 0.4) is 0 Å². The highest BCUT2D eigenvalue weighted by Crippen LogP contribution is 2.32. The van der Waals surface area contributed by atoms with Crippen molar-refractivity contribution in [3.8, 4) is 5.75 Å². The fourth-order valence-electron chi connectivity index (χ4n) is 2.93. The Labute approximate surface area is 187 Å². The Morgan fingerprint density at radius 3 is 2.10 bits per heavy atom. The summed E-state index contributed by atoms with van der Waals surface area (Å²) in [5.74, 6) is -0.0753. The molecule has 0 bridgehead atoms. The number of nitrogens with zero attached hydrogens (tertiary/aromatic N) is 1. The molecule has 0 saturated carbocycles. The van der Waals surface area contributed by atoms with E-state index in [-0.39, 0.29) is 15.6 Å². The molecule has 162 valence electrons. The highest BCUT2D eigenvalue weighted by atomic mass is 35.5. The van der Waals surface area contributed by atoms with Crippen LogP contribution in [0.4, 0.5) is 11.4 Å². The number of sulfonamides is 1. The van der Waals surface area contributed by atoms with Gasteiger partial charge in [0.25, 0.3) is 10.0 Å². The van der Waals surface area contributed by atoms with Crippen molar-refractivity contribution in [1.29, 1.82) is 0 Å². The third-order valence-corrected chi connectivity index (χ3v) is 6.74. The Morgan fingerprint density at radius 2 is 1.55 bits per heavy atom. The topological polar surface area (TPSA) is 75.7 Å². The van der Waals surface area contributed by atoms with Crippen molar-refractivity contribution in [3.05, 3.63) is 82.9 Å². The molecule has 6 nitrogen and oxygen atoms in total. The number of rotatable bonds is 7. The van der Waals surface area contributed by atoms with Crippen LogP contribution in [0.2, 0.25) is 5.02 Å². The normalized spacial score (nSPS) is 11.1. The number of nitrogens with one attached hydrogen (secondary N) is 1. The van der Waals surface area contributed by atoms with Crippen molar-refractivity contribution in [3.63, 3.8) is 0 Å². The standard InChI is InChI=1S/C23H23ClN2O4S/c1-16-4-8-18(9-5-16)25-23(27)15-26(19-10-13-22(30-3)21(24)14-19)31(28,29)20-11-6-17(2)7-12-20/h4-14H,15H2,1-3H3,(H,25,27). The fourth-order valence-corrected chi connectivity index (χ4v) is 4.60. The van der Waals surface area contributed by atoms with E-state index in [9.17, 15) is 13.2 Å². The summed E-state index contributed by atoms with van der Waals surface area (Å²) in [6, 6.07) is 18.3. The summed E-state index contributed by atoms with van der Waals surface area (Å²) in [6.07, 6.45) is 0. The third kappa shape index (κ3) is 5.37. The molecule has 0 aliphatic rings. The summed E-state index contributed by atoms with van der Waals surface area (Å²) in [7, 11) is -2.56. The van der Waals surface area contributed by atoms with Gasteiger partial charge < -0.3 is 10.1 Å². The molecular weight excluding hydrogens is 436 g/mol. The van der Waals surface area contributed by atoms with Crippen LogP contribution >= 0.6 is 11.6 Å². The van der Waals surface area contributed by atoms with Gasteiger partial charge in [0.1, 0.15) is 12.3 Å². The summed E-state index contributed by atoms with van der Waals surface area (Å²) in [5, 5.41) is 2.98. The molecule has 0 unspecified atom stereocenters. The van der Waals surface area contributed by atoms with Gasteiger partial charge in [-0.05, 0) is 56.3 Å². The number of halogens is 1. The van der Waals surface area contributed by atoms with Gasteiger partial charge >= 0.3 is 0 Å². The second-order valence-corrected chi connectivity index (χ2v) is 9.33. The van der Waals surface area contributed by atoms with Crippen LogP contribution in [0.1, 0.15) is 11.1 Å². The molecule has 3 aromatic rings. The van der Waals surface area contributed by atoms with Crippen LogP contribution in [-0.4, -0.2) is 28.0 Å². The molecule has 0 saturated heterocycles. The molecule has 3 rings (SSSR count). The molecule has 0 aliphatic carbocycles. The molecule has 8 heteroatoms. The molecule has 0 spiro atoms. The Kier molecular flexibility index (Phi) is 6.87. The summed E-state index contributed by atoms with van der Waals surface area (Å²) < 4.78 is 33.0. The van der Waals surface area contributed by atoms with Crippen molar-refractivity contribution in [1.82, 2.24) is 0 Å². The van der Waals surface area contributed by atoms with Gasteiger partial charge in [-0.1, -0.05) is 47.0 Å². The molecule has 0 atom stereocenters. The molecule has 1 N–H and O–H groups in total. The predicted octanol–water partition coefficient (Wildman–Crippen LogP) is 4.80. The molecule has 0 fully saturated rings. The van der Waals surface area contributed by atoms with Crippen molar-refractivity contribution in [2.75, 3.05) is 23.3 Å². The van der Waals surface area contributed by atoms with E-state index in [0.29, 0.717) is 11.4 Å². The van der Waals surface area contributed by atoms with Gasteiger partial charge in [-0.15, -0.1) is 0 Å². The van der Waals surface area contributed by atoms with Gasteiger partial charge in [-0.25, -0.2) is 8.42 Å². The molecule has 1 amide bonds. The van der Waals surface area contributed by atoms with Crippen molar-refractivity contribution < 1.29 is 17.9 Å². The number of hydrogen-bond acceptors (Lipinski definition) is 4. The number of carbonyl (C=O) groups excluding carboxylic acids is 1. The number of methoxy groups -OCH3 is 1. The maximum Gasteiger partial charge on any atom is 0.264 e. The minimum Gasteiger partial charge on any atom is -0.495 e. The number of aryl methyl sites for hydroxylation is 2. The van der Waals surface area contributed by atoms with E-state index in [0.717, 1.165) is 15.4 Å². The van der Waals surface area contributed by atoms with Crippen LogP contribution in [0.5, 0.6) is 5.75 Å². The van der Waals surface area contributed by atoms with Gasteiger partial charge in [0.15, 0.2) is 0 Å². The number of carbonyl (C=O) groups is 1. The lowest BCUT2D eigenvalue weighted by atomic mass is 10.2. The molecule has 0 heterocycles. The Morgan fingerprint density at radius 1 is 0.968 bits per heavy atom. The van der Waals surface area contributed by atoms with Crippen molar-refractivity contribution in [2.24, 2.45) is 0 Å². The van der Waals surface area contributed by atoms with E-state index in [2.05, 4.69) is 5.32 Å². The van der Waals surface area contributed by atoms with Crippen molar-refractivity contribution in [2.45, 2.75) is 18.7 Å². The first-order chi connectivity index (χ1) is 14.7. The number of anilines is 2. The molecule has 0 radical (unpaired) electrons. The predicted molar refractivity (Wildman–Crippen MR) is 124 cm³/mol. The number of benzene rings is 3. The number of hydrogen-bond donors (Lipinski definition) is 1. The van der Waals surface area contributed by atoms with Crippen LogP contribution in [0.15, 0.2) is 71.6 Å². The summed E-state index contributed by atoms with van der Waals surface area (Å²) in [6.45, 7) is 3.38. The Balaban J connectivity index is 1.97. The first kappa shape index (κ1) is 22.7. The van der Waals surface area contributed by atoms with Crippen LogP contribution in [0, 0.1) is 13.8 Å². The molecule has 0 aromatic heterocycles. The van der Waals surface area contributed by atoms with Crippen LogP contribution in [0.25, 0.3) is 0 Å². The molecule has 31 heavy (non-hydrogen) atoms. The fraction of sp³-hybridized carbons (Fsp3) is 0.174. The van der Waals surface area contributed by atoms with Crippen LogP contribution in [-0.2, 0) is 14.8 Å². The zero-order valence-corrected chi connectivity index (χ0v) is 19.0. The summed E-state index contributed by atoms with van der Waals surface area (Å²) in [5.41, 5.74) is 2.81. The van der Waals surface area contributed by atoms with Gasteiger partial charge in [-0.2, -0.15) is 0 Å². The lowest BCUT2D eigenvalue weighted by molar-refractivity contribution is -0.114. The van der Waals surface area contributed by atoms with Gasteiger partial charge in [0, 0.05) is 5.69 Å². The van der Waals surface area contributed by atoms with E-state index in [1.165, 1.54) is 25.3 Å².